The zero-order valence-electron chi connectivity index (χ0n) is 14.6. The molecule has 0 amide bonds. The lowest BCUT2D eigenvalue weighted by Gasteiger charge is -2.33. The van der Waals surface area contributed by atoms with Gasteiger partial charge in [-0.3, -0.25) is 0 Å². The normalized spacial score (nSPS) is 16.0. The van der Waals surface area contributed by atoms with Gasteiger partial charge in [0.05, 0.1) is 23.5 Å². The number of hydrogen-bond donors (Lipinski definition) is 2. The third-order valence-corrected chi connectivity index (χ3v) is 4.68. The van der Waals surface area contributed by atoms with E-state index in [-0.39, 0.29) is 12.8 Å². The number of alkyl halides is 3. The average Bonchev–Trinajstić information content (AvgIpc) is 2.63. The van der Waals surface area contributed by atoms with Gasteiger partial charge in [-0.05, 0) is 37.5 Å². The van der Waals surface area contributed by atoms with E-state index in [0.29, 0.717) is 25.6 Å². The number of halogens is 3. The van der Waals surface area contributed by atoms with Crippen LogP contribution < -0.4 is 16.0 Å². The van der Waals surface area contributed by atoms with Crippen molar-refractivity contribution in [1.82, 2.24) is 9.97 Å². The molecule has 1 aromatic carbocycles. The quantitative estimate of drug-likeness (QED) is 0.863. The maximum absolute atomic E-state index is 12.8. The number of nitrogens with two attached hydrogens (primary N) is 1. The van der Waals surface area contributed by atoms with Crippen molar-refractivity contribution in [2.75, 3.05) is 23.3 Å². The summed E-state index contributed by atoms with van der Waals surface area (Å²) in [5.74, 6) is -0.746. The summed E-state index contributed by atoms with van der Waals surface area (Å²) in [4.78, 5) is 10.6. The number of anilines is 3. The molecule has 1 aliphatic rings. The van der Waals surface area contributed by atoms with Gasteiger partial charge in [-0.15, -0.1) is 0 Å². The molecule has 0 saturated carbocycles. The van der Waals surface area contributed by atoms with Gasteiger partial charge < -0.3 is 16.0 Å². The monoisotopic (exact) mass is 365 g/mol. The van der Waals surface area contributed by atoms with Crippen LogP contribution in [0.25, 0.3) is 0 Å². The Balaban J connectivity index is 1.66. The Hall–Kier alpha value is -2.35. The molecule has 0 unspecified atom stereocenters. The summed E-state index contributed by atoms with van der Waals surface area (Å²) in [6, 6.07) is 7.74. The van der Waals surface area contributed by atoms with Crippen molar-refractivity contribution in [3.8, 4) is 0 Å². The largest absolute Gasteiger partial charge is 0.391 e. The van der Waals surface area contributed by atoms with E-state index in [1.54, 1.807) is 6.20 Å². The summed E-state index contributed by atoms with van der Waals surface area (Å²) in [6.07, 6.45) is -2.28. The Bertz CT molecular complexity index is 737. The van der Waals surface area contributed by atoms with Crippen molar-refractivity contribution in [2.24, 2.45) is 11.7 Å². The first kappa shape index (κ1) is 18.4. The van der Waals surface area contributed by atoms with Gasteiger partial charge in [0, 0.05) is 25.3 Å². The fourth-order valence-corrected chi connectivity index (χ4v) is 3.02. The molecule has 1 saturated heterocycles. The van der Waals surface area contributed by atoms with E-state index in [1.807, 2.05) is 36.1 Å². The molecular formula is C18H22F3N5. The van der Waals surface area contributed by atoms with E-state index in [1.165, 1.54) is 0 Å². The molecule has 0 spiro atoms. The molecule has 1 aliphatic heterocycles. The Labute approximate surface area is 150 Å². The zero-order chi connectivity index (χ0) is 18.7. The van der Waals surface area contributed by atoms with E-state index in [0.717, 1.165) is 22.6 Å². The molecule has 3 rings (SSSR count). The molecule has 1 fully saturated rings. The number of nitrogens with zero attached hydrogens (tertiary/aromatic N) is 3. The lowest BCUT2D eigenvalue weighted by molar-refractivity contribution is -0.179. The van der Waals surface area contributed by atoms with Gasteiger partial charge in [-0.1, -0.05) is 12.1 Å². The molecule has 140 valence electrons. The molecule has 1 aromatic heterocycles. The van der Waals surface area contributed by atoms with Gasteiger partial charge in [-0.2, -0.15) is 13.2 Å². The second-order valence-corrected chi connectivity index (χ2v) is 6.50. The highest BCUT2D eigenvalue weighted by molar-refractivity contribution is 5.61. The number of piperidine rings is 1. The maximum Gasteiger partial charge on any atom is 0.391 e. The fraction of sp³-hybridized carbons (Fsp3) is 0.444. The predicted molar refractivity (Wildman–Crippen MR) is 95.4 cm³/mol. The molecule has 8 heteroatoms. The van der Waals surface area contributed by atoms with Gasteiger partial charge in [0.15, 0.2) is 0 Å². The summed E-state index contributed by atoms with van der Waals surface area (Å²) in [6.45, 7) is 2.97. The fourth-order valence-electron chi connectivity index (χ4n) is 3.02. The van der Waals surface area contributed by atoms with Crippen molar-refractivity contribution in [3.63, 3.8) is 0 Å². The van der Waals surface area contributed by atoms with Crippen LogP contribution >= 0.6 is 0 Å². The number of aryl methyl sites for hydroxylation is 1. The Morgan fingerprint density at radius 2 is 1.85 bits per heavy atom. The van der Waals surface area contributed by atoms with Crippen LogP contribution in [0.2, 0.25) is 0 Å². The first-order valence-corrected chi connectivity index (χ1v) is 8.58. The molecule has 0 bridgehead atoms. The summed E-state index contributed by atoms with van der Waals surface area (Å²) < 4.78 is 38.3. The summed E-state index contributed by atoms with van der Waals surface area (Å²) in [5.41, 5.74) is 9.04. The predicted octanol–water partition coefficient (Wildman–Crippen LogP) is 3.77. The maximum atomic E-state index is 12.8. The number of hydrogen-bond acceptors (Lipinski definition) is 5. The summed E-state index contributed by atoms with van der Waals surface area (Å²) in [7, 11) is 0. The second-order valence-electron chi connectivity index (χ2n) is 6.50. The molecule has 0 atom stereocenters. The first-order valence-electron chi connectivity index (χ1n) is 8.58. The lowest BCUT2D eigenvalue weighted by Crippen LogP contribution is -2.39. The molecule has 26 heavy (non-hydrogen) atoms. The number of aromatic nitrogens is 2. The van der Waals surface area contributed by atoms with Gasteiger partial charge in [0.2, 0.25) is 5.95 Å². The van der Waals surface area contributed by atoms with Gasteiger partial charge in [-0.25, -0.2) is 9.97 Å². The van der Waals surface area contributed by atoms with Crippen molar-refractivity contribution < 1.29 is 13.2 Å². The topological polar surface area (TPSA) is 67.1 Å². The van der Waals surface area contributed by atoms with Crippen molar-refractivity contribution in [1.29, 1.82) is 0 Å². The molecular weight excluding hydrogens is 343 g/mol. The van der Waals surface area contributed by atoms with Crippen molar-refractivity contribution >= 4 is 17.3 Å². The van der Waals surface area contributed by atoms with E-state index < -0.39 is 12.1 Å². The highest BCUT2D eigenvalue weighted by atomic mass is 19.4. The van der Waals surface area contributed by atoms with Crippen molar-refractivity contribution in [3.05, 3.63) is 41.7 Å². The zero-order valence-corrected chi connectivity index (χ0v) is 14.6. The third kappa shape index (κ3) is 4.24. The smallest absolute Gasteiger partial charge is 0.353 e. The molecule has 5 nitrogen and oxygen atoms in total. The van der Waals surface area contributed by atoms with E-state index in [4.69, 9.17) is 5.73 Å². The van der Waals surface area contributed by atoms with Crippen LogP contribution in [0.3, 0.4) is 0 Å². The van der Waals surface area contributed by atoms with Crippen LogP contribution in [0.15, 0.2) is 30.5 Å². The third-order valence-electron chi connectivity index (χ3n) is 4.68. The SMILES string of the molecule is Cc1nc(N2CCC(C(F)(F)F)CC2)ncc1Nc1ccc(CN)cc1. The van der Waals surface area contributed by atoms with Crippen molar-refractivity contribution in [2.45, 2.75) is 32.5 Å². The molecule has 3 N–H and O–H groups in total. The lowest BCUT2D eigenvalue weighted by atomic mass is 9.96. The molecule has 2 aromatic rings. The number of rotatable bonds is 4. The van der Waals surface area contributed by atoms with Crippen LogP contribution in [0.1, 0.15) is 24.1 Å². The number of nitrogens with one attached hydrogen (secondary N) is 1. The van der Waals surface area contributed by atoms with Gasteiger partial charge in [0.1, 0.15) is 0 Å². The Kier molecular flexibility index (Phi) is 5.31. The Morgan fingerprint density at radius 1 is 1.19 bits per heavy atom. The summed E-state index contributed by atoms with van der Waals surface area (Å²) >= 11 is 0. The highest BCUT2D eigenvalue weighted by Gasteiger charge is 2.41. The van der Waals surface area contributed by atoms with Gasteiger partial charge in [0.25, 0.3) is 0 Å². The first-order chi connectivity index (χ1) is 12.4. The van der Waals surface area contributed by atoms with E-state index in [9.17, 15) is 13.2 Å². The molecule has 2 heterocycles. The minimum absolute atomic E-state index is 0.0827. The van der Waals surface area contributed by atoms with Crippen LogP contribution in [0, 0.1) is 12.8 Å². The van der Waals surface area contributed by atoms with Crippen LogP contribution in [-0.4, -0.2) is 29.2 Å². The Morgan fingerprint density at radius 3 is 2.38 bits per heavy atom. The van der Waals surface area contributed by atoms with Gasteiger partial charge >= 0.3 is 6.18 Å². The number of benzene rings is 1. The molecule has 0 aliphatic carbocycles. The standard InChI is InChI=1S/C18H22F3N5/c1-12-16(25-15-4-2-13(10-22)3-5-15)11-23-17(24-12)26-8-6-14(7-9-26)18(19,20)21/h2-5,11,14,25H,6-10,22H2,1H3. The van der Waals surface area contributed by atoms with Crippen LogP contribution in [0.4, 0.5) is 30.5 Å². The molecule has 0 radical (unpaired) electrons. The van der Waals surface area contributed by atoms with E-state index in [2.05, 4.69) is 15.3 Å². The van der Waals surface area contributed by atoms with E-state index >= 15 is 0 Å². The average molecular weight is 365 g/mol. The van der Waals surface area contributed by atoms with Crippen LogP contribution in [0.5, 0.6) is 0 Å². The highest BCUT2D eigenvalue weighted by Crippen LogP contribution is 2.35. The second kappa shape index (κ2) is 7.49. The van der Waals surface area contributed by atoms with Crippen LogP contribution in [-0.2, 0) is 6.54 Å². The minimum Gasteiger partial charge on any atom is -0.353 e. The summed E-state index contributed by atoms with van der Waals surface area (Å²) in [5, 5.41) is 3.25. The minimum atomic E-state index is -4.11.